The minimum atomic E-state index is -4.50. The Bertz CT molecular complexity index is 605. The first-order valence-electron chi connectivity index (χ1n) is 4.69. The lowest BCUT2D eigenvalue weighted by atomic mass is 10.2. The topological polar surface area (TPSA) is 66.5 Å². The number of nitrogens with one attached hydrogen (secondary N) is 2. The van der Waals surface area contributed by atoms with Crippen LogP contribution in [0.5, 0.6) is 0 Å². The van der Waals surface area contributed by atoms with Crippen LogP contribution in [0.2, 0.25) is 0 Å². The number of aromatic amines is 2. The molecule has 0 unspecified atom stereocenters. The van der Waals surface area contributed by atoms with Crippen LogP contribution in [-0.2, 0) is 13.2 Å². The molecule has 0 aromatic carbocycles. The van der Waals surface area contributed by atoms with Crippen LogP contribution < -0.4 is 5.56 Å². The number of aromatic nitrogens is 4. The number of halogens is 3. The molecular formula is C9H9F3N4O. The molecule has 2 N–H and O–H groups in total. The molecule has 17 heavy (non-hydrogen) atoms. The van der Waals surface area contributed by atoms with Crippen molar-refractivity contribution >= 4 is 0 Å². The first kappa shape index (κ1) is 11.5. The predicted octanol–water partition coefficient (Wildman–Crippen LogP) is 1.43. The predicted molar refractivity (Wildman–Crippen MR) is 53.4 cm³/mol. The summed E-state index contributed by atoms with van der Waals surface area (Å²) in [6.07, 6.45) is -4.50. The minimum absolute atomic E-state index is 0.0170. The van der Waals surface area contributed by atoms with Gasteiger partial charge in [0.05, 0.1) is 5.56 Å². The van der Waals surface area contributed by atoms with Gasteiger partial charge in [-0.2, -0.15) is 18.3 Å². The van der Waals surface area contributed by atoms with Crippen molar-refractivity contribution in [2.75, 3.05) is 0 Å². The van der Waals surface area contributed by atoms with E-state index in [1.165, 1.54) is 11.7 Å². The SMILES string of the molecule is Cc1[nH]n(C)c(=O)c1-c1cc(C(F)(F)F)[nH]n1. The first-order chi connectivity index (χ1) is 7.80. The van der Waals surface area contributed by atoms with Crippen molar-refractivity contribution in [1.29, 1.82) is 0 Å². The molecule has 0 aliphatic rings. The highest BCUT2D eigenvalue weighted by atomic mass is 19.4. The van der Waals surface area contributed by atoms with E-state index in [0.29, 0.717) is 5.69 Å². The van der Waals surface area contributed by atoms with E-state index in [-0.39, 0.29) is 11.3 Å². The van der Waals surface area contributed by atoms with Crippen LogP contribution >= 0.6 is 0 Å². The second-order valence-corrected chi connectivity index (χ2v) is 3.64. The van der Waals surface area contributed by atoms with Crippen molar-refractivity contribution < 1.29 is 13.2 Å². The maximum absolute atomic E-state index is 12.4. The van der Waals surface area contributed by atoms with Crippen LogP contribution in [0.1, 0.15) is 11.4 Å². The van der Waals surface area contributed by atoms with E-state index in [1.807, 2.05) is 5.10 Å². The zero-order valence-electron chi connectivity index (χ0n) is 9.01. The molecule has 2 aromatic heterocycles. The molecule has 0 radical (unpaired) electrons. The van der Waals surface area contributed by atoms with Gasteiger partial charge in [0, 0.05) is 12.7 Å². The fraction of sp³-hybridized carbons (Fsp3) is 0.333. The van der Waals surface area contributed by atoms with Gasteiger partial charge >= 0.3 is 6.18 Å². The molecule has 0 bridgehead atoms. The largest absolute Gasteiger partial charge is 0.432 e. The van der Waals surface area contributed by atoms with Gasteiger partial charge in [-0.15, -0.1) is 0 Å². The van der Waals surface area contributed by atoms with E-state index in [2.05, 4.69) is 10.2 Å². The number of aryl methyl sites for hydroxylation is 2. The van der Waals surface area contributed by atoms with Gasteiger partial charge in [0.2, 0.25) is 0 Å². The molecule has 0 spiro atoms. The average molecular weight is 246 g/mol. The number of hydrogen-bond acceptors (Lipinski definition) is 2. The second kappa shape index (κ2) is 3.51. The first-order valence-corrected chi connectivity index (χ1v) is 4.69. The Morgan fingerprint density at radius 3 is 2.47 bits per heavy atom. The summed E-state index contributed by atoms with van der Waals surface area (Å²) in [6.45, 7) is 1.60. The number of alkyl halides is 3. The van der Waals surface area contributed by atoms with Crippen LogP contribution in [0.3, 0.4) is 0 Å². The zero-order valence-corrected chi connectivity index (χ0v) is 9.01. The van der Waals surface area contributed by atoms with E-state index in [9.17, 15) is 18.0 Å². The highest BCUT2D eigenvalue weighted by Gasteiger charge is 2.33. The van der Waals surface area contributed by atoms with Crippen molar-refractivity contribution in [3.8, 4) is 11.3 Å². The Morgan fingerprint density at radius 2 is 2.06 bits per heavy atom. The number of rotatable bonds is 1. The van der Waals surface area contributed by atoms with Crippen LogP contribution in [0.4, 0.5) is 13.2 Å². The zero-order chi connectivity index (χ0) is 12.8. The van der Waals surface area contributed by atoms with E-state index in [0.717, 1.165) is 6.07 Å². The van der Waals surface area contributed by atoms with E-state index in [4.69, 9.17) is 0 Å². The van der Waals surface area contributed by atoms with Crippen molar-refractivity contribution in [2.24, 2.45) is 7.05 Å². The quantitative estimate of drug-likeness (QED) is 0.799. The van der Waals surface area contributed by atoms with Gasteiger partial charge in [-0.25, -0.2) is 0 Å². The lowest BCUT2D eigenvalue weighted by molar-refractivity contribution is -0.141. The summed E-state index contributed by atoms with van der Waals surface area (Å²) >= 11 is 0. The summed E-state index contributed by atoms with van der Waals surface area (Å²) in [5, 5.41) is 8.07. The lowest BCUT2D eigenvalue weighted by Crippen LogP contribution is -2.13. The monoisotopic (exact) mass is 246 g/mol. The molecule has 0 fully saturated rings. The van der Waals surface area contributed by atoms with Gasteiger partial charge in [0.1, 0.15) is 11.4 Å². The smallest absolute Gasteiger partial charge is 0.300 e. The molecule has 0 aliphatic heterocycles. The van der Waals surface area contributed by atoms with Crippen LogP contribution in [-0.4, -0.2) is 20.0 Å². The van der Waals surface area contributed by atoms with Crippen molar-refractivity contribution in [2.45, 2.75) is 13.1 Å². The molecule has 5 nitrogen and oxygen atoms in total. The molecule has 8 heteroatoms. The fourth-order valence-electron chi connectivity index (χ4n) is 1.58. The summed E-state index contributed by atoms with van der Waals surface area (Å²) in [5.41, 5.74) is -0.800. The summed E-state index contributed by atoms with van der Waals surface area (Å²) in [7, 11) is 1.48. The minimum Gasteiger partial charge on any atom is -0.300 e. The van der Waals surface area contributed by atoms with Crippen LogP contribution in [0.25, 0.3) is 11.3 Å². The fourth-order valence-corrected chi connectivity index (χ4v) is 1.58. The number of nitrogens with zero attached hydrogens (tertiary/aromatic N) is 2. The summed E-state index contributed by atoms with van der Waals surface area (Å²) in [6, 6.07) is 0.817. The molecule has 0 saturated carbocycles. The van der Waals surface area contributed by atoms with Crippen molar-refractivity contribution in [3.63, 3.8) is 0 Å². The van der Waals surface area contributed by atoms with E-state index >= 15 is 0 Å². The van der Waals surface area contributed by atoms with Gasteiger partial charge in [-0.3, -0.25) is 19.7 Å². The highest BCUT2D eigenvalue weighted by molar-refractivity contribution is 5.61. The van der Waals surface area contributed by atoms with Gasteiger partial charge in [0.25, 0.3) is 5.56 Å². The Morgan fingerprint density at radius 1 is 1.41 bits per heavy atom. The number of H-pyrrole nitrogens is 2. The molecule has 0 saturated heterocycles. The van der Waals surface area contributed by atoms with Crippen LogP contribution in [0, 0.1) is 6.92 Å². The Hall–Kier alpha value is -1.99. The molecule has 92 valence electrons. The third kappa shape index (κ3) is 1.85. The number of hydrogen-bond donors (Lipinski definition) is 2. The van der Waals surface area contributed by atoms with Crippen LogP contribution in [0.15, 0.2) is 10.9 Å². The van der Waals surface area contributed by atoms with Gasteiger partial charge in [-0.05, 0) is 13.0 Å². The van der Waals surface area contributed by atoms with Crippen molar-refractivity contribution in [3.05, 3.63) is 27.8 Å². The Kier molecular flexibility index (Phi) is 2.37. The standard InChI is InChI=1S/C9H9F3N4O/c1-4-7(8(17)16(2)15-4)5-3-6(14-13-5)9(10,11)12/h3,15H,1-2H3,(H,13,14). The molecule has 2 heterocycles. The Balaban J connectivity index is 2.55. The third-order valence-corrected chi connectivity index (χ3v) is 2.37. The van der Waals surface area contributed by atoms with Gasteiger partial charge in [0.15, 0.2) is 0 Å². The van der Waals surface area contributed by atoms with Crippen molar-refractivity contribution in [1.82, 2.24) is 20.0 Å². The third-order valence-electron chi connectivity index (χ3n) is 2.37. The molecule has 2 aromatic rings. The normalized spacial score (nSPS) is 12.1. The molecule has 2 rings (SSSR count). The molecule has 0 atom stereocenters. The molecule has 0 aliphatic carbocycles. The average Bonchev–Trinajstić information content (AvgIpc) is 2.73. The summed E-state index contributed by atoms with van der Waals surface area (Å²) in [5.74, 6) is 0. The van der Waals surface area contributed by atoms with Gasteiger partial charge < -0.3 is 0 Å². The lowest BCUT2D eigenvalue weighted by Gasteiger charge is -1.99. The van der Waals surface area contributed by atoms with E-state index < -0.39 is 17.4 Å². The summed E-state index contributed by atoms with van der Waals surface area (Å²) in [4.78, 5) is 11.6. The highest BCUT2D eigenvalue weighted by Crippen LogP contribution is 2.29. The van der Waals surface area contributed by atoms with E-state index in [1.54, 1.807) is 6.92 Å². The molecular weight excluding hydrogens is 237 g/mol. The molecule has 0 amide bonds. The maximum Gasteiger partial charge on any atom is 0.432 e. The second-order valence-electron chi connectivity index (χ2n) is 3.64. The Labute approximate surface area is 93.2 Å². The maximum atomic E-state index is 12.4. The van der Waals surface area contributed by atoms with Gasteiger partial charge in [-0.1, -0.05) is 0 Å². The summed E-state index contributed by atoms with van der Waals surface area (Å²) < 4.78 is 38.3.